The van der Waals surface area contributed by atoms with E-state index in [9.17, 15) is 9.50 Å². The Morgan fingerprint density at radius 1 is 1.19 bits per heavy atom. The van der Waals surface area contributed by atoms with Crippen molar-refractivity contribution in [1.29, 1.82) is 0 Å². The van der Waals surface area contributed by atoms with E-state index in [0.717, 1.165) is 32.0 Å². The van der Waals surface area contributed by atoms with Crippen molar-refractivity contribution >= 4 is 11.6 Å². The zero-order valence-corrected chi connectivity index (χ0v) is 18.0. The molecule has 0 saturated heterocycles. The van der Waals surface area contributed by atoms with Gasteiger partial charge in [-0.25, -0.2) is 19.3 Å². The number of rotatable bonds is 5. The SMILES string of the molecule is CC(C)c1ncc2n1CCN(CCc1nc3cc(-c4cc(F)ccc4O)nc(N)n3n1)C2. The van der Waals surface area contributed by atoms with Gasteiger partial charge in [-0.05, 0) is 18.2 Å². The van der Waals surface area contributed by atoms with Crippen LogP contribution in [-0.2, 0) is 19.5 Å². The Kier molecular flexibility index (Phi) is 5.01. The lowest BCUT2D eigenvalue weighted by Crippen LogP contribution is -2.35. The molecule has 3 N–H and O–H groups in total. The molecule has 32 heavy (non-hydrogen) atoms. The van der Waals surface area contributed by atoms with Crippen molar-refractivity contribution in [2.24, 2.45) is 0 Å². The molecular weight excluding hydrogens is 411 g/mol. The van der Waals surface area contributed by atoms with E-state index in [-0.39, 0.29) is 17.3 Å². The number of nitrogens with two attached hydrogens (primary N) is 1. The number of hydrogen-bond acceptors (Lipinski definition) is 7. The minimum Gasteiger partial charge on any atom is -0.507 e. The first kappa shape index (κ1) is 20.4. The van der Waals surface area contributed by atoms with Crippen LogP contribution in [0.15, 0.2) is 30.5 Å². The number of nitrogen functional groups attached to an aromatic ring is 1. The number of benzene rings is 1. The zero-order chi connectivity index (χ0) is 22.4. The summed E-state index contributed by atoms with van der Waals surface area (Å²) in [5.74, 6) is 1.79. The van der Waals surface area contributed by atoms with Gasteiger partial charge in [0, 0.05) is 56.3 Å². The van der Waals surface area contributed by atoms with Gasteiger partial charge in [0.05, 0.1) is 11.4 Å². The Balaban J connectivity index is 1.33. The molecule has 166 valence electrons. The number of aromatic nitrogens is 6. The summed E-state index contributed by atoms with van der Waals surface area (Å²) in [6.45, 7) is 7.86. The van der Waals surface area contributed by atoms with Crippen LogP contribution in [0.25, 0.3) is 16.9 Å². The van der Waals surface area contributed by atoms with Crippen molar-refractivity contribution in [3.8, 4) is 17.0 Å². The van der Waals surface area contributed by atoms with Gasteiger partial charge in [0.25, 0.3) is 0 Å². The third-order valence-electron chi connectivity index (χ3n) is 5.79. The first-order valence-electron chi connectivity index (χ1n) is 10.7. The molecule has 4 heterocycles. The highest BCUT2D eigenvalue weighted by Gasteiger charge is 2.21. The molecule has 10 heteroatoms. The lowest BCUT2D eigenvalue weighted by atomic mass is 10.1. The third-order valence-corrected chi connectivity index (χ3v) is 5.79. The molecule has 0 spiro atoms. The molecule has 3 aromatic heterocycles. The Morgan fingerprint density at radius 2 is 2.03 bits per heavy atom. The minimum atomic E-state index is -0.469. The fourth-order valence-electron chi connectivity index (χ4n) is 4.18. The van der Waals surface area contributed by atoms with Gasteiger partial charge in [0.2, 0.25) is 5.95 Å². The number of anilines is 1. The van der Waals surface area contributed by atoms with E-state index in [1.807, 2.05) is 6.20 Å². The molecular formula is C22H25FN8O. The van der Waals surface area contributed by atoms with Crippen LogP contribution in [-0.4, -0.2) is 52.2 Å². The maximum absolute atomic E-state index is 13.6. The molecule has 0 aliphatic carbocycles. The van der Waals surface area contributed by atoms with E-state index in [1.165, 1.54) is 28.4 Å². The van der Waals surface area contributed by atoms with Gasteiger partial charge in [-0.15, -0.1) is 5.10 Å². The van der Waals surface area contributed by atoms with Gasteiger partial charge in [-0.2, -0.15) is 4.52 Å². The molecule has 5 rings (SSSR count). The molecule has 1 aliphatic rings. The minimum absolute atomic E-state index is 0.0765. The van der Waals surface area contributed by atoms with Crippen LogP contribution in [0, 0.1) is 5.82 Å². The van der Waals surface area contributed by atoms with E-state index < -0.39 is 5.82 Å². The van der Waals surface area contributed by atoms with Crippen LogP contribution in [0.4, 0.5) is 10.3 Å². The van der Waals surface area contributed by atoms with E-state index in [0.29, 0.717) is 29.5 Å². The number of fused-ring (bicyclic) bond motifs is 2. The van der Waals surface area contributed by atoms with E-state index in [4.69, 9.17) is 5.73 Å². The number of phenolic OH excluding ortho intramolecular Hbond substituents is 1. The van der Waals surface area contributed by atoms with Gasteiger partial charge in [0.15, 0.2) is 11.5 Å². The molecule has 0 fully saturated rings. The molecule has 4 aromatic rings. The van der Waals surface area contributed by atoms with Crippen molar-refractivity contribution in [1.82, 2.24) is 34.0 Å². The Morgan fingerprint density at radius 3 is 2.84 bits per heavy atom. The highest BCUT2D eigenvalue weighted by Crippen LogP contribution is 2.29. The molecule has 0 unspecified atom stereocenters. The summed E-state index contributed by atoms with van der Waals surface area (Å²) >= 11 is 0. The number of aromatic hydroxyl groups is 1. The quantitative estimate of drug-likeness (QED) is 0.495. The smallest absolute Gasteiger partial charge is 0.223 e. The number of hydrogen-bond donors (Lipinski definition) is 2. The maximum atomic E-state index is 13.6. The summed E-state index contributed by atoms with van der Waals surface area (Å²) in [4.78, 5) is 15.8. The lowest BCUT2D eigenvalue weighted by molar-refractivity contribution is 0.220. The van der Waals surface area contributed by atoms with Crippen LogP contribution >= 0.6 is 0 Å². The largest absolute Gasteiger partial charge is 0.507 e. The van der Waals surface area contributed by atoms with E-state index in [2.05, 4.69) is 43.4 Å². The van der Waals surface area contributed by atoms with Crippen LogP contribution in [0.5, 0.6) is 5.75 Å². The van der Waals surface area contributed by atoms with Crippen LogP contribution < -0.4 is 5.73 Å². The zero-order valence-electron chi connectivity index (χ0n) is 18.0. The number of imidazole rings is 1. The first-order valence-corrected chi connectivity index (χ1v) is 10.7. The normalized spacial score (nSPS) is 14.4. The molecule has 1 aromatic carbocycles. The predicted octanol–water partition coefficient (Wildman–Crippen LogP) is 2.60. The Labute approximate surface area is 184 Å². The van der Waals surface area contributed by atoms with Gasteiger partial charge >= 0.3 is 0 Å². The predicted molar refractivity (Wildman–Crippen MR) is 118 cm³/mol. The van der Waals surface area contributed by atoms with Crippen LogP contribution in [0.2, 0.25) is 0 Å². The average molecular weight is 436 g/mol. The van der Waals surface area contributed by atoms with Crippen LogP contribution in [0.3, 0.4) is 0 Å². The fourth-order valence-corrected chi connectivity index (χ4v) is 4.18. The molecule has 1 aliphatic heterocycles. The summed E-state index contributed by atoms with van der Waals surface area (Å²) < 4.78 is 17.4. The van der Waals surface area contributed by atoms with Gasteiger partial charge in [-0.1, -0.05) is 13.8 Å². The molecule has 0 bridgehead atoms. The summed E-state index contributed by atoms with van der Waals surface area (Å²) in [6.07, 6.45) is 2.63. The summed E-state index contributed by atoms with van der Waals surface area (Å²) in [6, 6.07) is 5.34. The van der Waals surface area contributed by atoms with Crippen molar-refractivity contribution in [3.05, 3.63) is 53.6 Å². The third kappa shape index (κ3) is 3.66. The maximum Gasteiger partial charge on any atom is 0.223 e. The van der Waals surface area contributed by atoms with Gasteiger partial charge in [0.1, 0.15) is 17.4 Å². The summed E-state index contributed by atoms with van der Waals surface area (Å²) in [5, 5.41) is 14.6. The fraction of sp³-hybridized carbons (Fsp3) is 0.364. The van der Waals surface area contributed by atoms with Gasteiger partial charge < -0.3 is 15.4 Å². The van der Waals surface area contributed by atoms with Crippen molar-refractivity contribution in [2.75, 3.05) is 18.8 Å². The van der Waals surface area contributed by atoms with Crippen LogP contribution in [0.1, 0.15) is 37.1 Å². The topological polar surface area (TPSA) is 110 Å². The second-order valence-corrected chi connectivity index (χ2v) is 8.40. The molecule has 0 atom stereocenters. The summed E-state index contributed by atoms with van der Waals surface area (Å²) in [5.41, 5.74) is 8.41. The monoisotopic (exact) mass is 436 g/mol. The number of phenols is 1. The lowest BCUT2D eigenvalue weighted by Gasteiger charge is -2.29. The average Bonchev–Trinajstić information content (AvgIpc) is 3.37. The van der Waals surface area contributed by atoms with Crippen molar-refractivity contribution < 1.29 is 9.50 Å². The molecule has 0 saturated carbocycles. The van der Waals surface area contributed by atoms with Crippen molar-refractivity contribution in [2.45, 2.75) is 39.3 Å². The standard InChI is InChI=1S/C22H25FN8O/c1-13(2)21-25-11-15-12-29(7-8-30(15)21)6-5-19-27-20-10-17(26-22(24)31(20)28-19)16-9-14(23)3-4-18(16)32/h3-4,9-11,13,32H,5-8,12H2,1-2H3,(H2,24,26). The van der Waals surface area contributed by atoms with Gasteiger partial charge in [-0.3, -0.25) is 4.90 Å². The van der Waals surface area contributed by atoms with E-state index in [1.54, 1.807) is 6.07 Å². The summed E-state index contributed by atoms with van der Waals surface area (Å²) in [7, 11) is 0. The number of halogens is 1. The number of nitrogens with zero attached hydrogens (tertiary/aromatic N) is 7. The highest BCUT2D eigenvalue weighted by molar-refractivity contribution is 5.70. The highest BCUT2D eigenvalue weighted by atomic mass is 19.1. The van der Waals surface area contributed by atoms with Crippen molar-refractivity contribution in [3.63, 3.8) is 0 Å². The Bertz CT molecular complexity index is 1290. The molecule has 0 amide bonds. The molecule has 0 radical (unpaired) electrons. The Hall–Kier alpha value is -3.53. The second kappa shape index (κ2) is 7.86. The van der Waals surface area contributed by atoms with E-state index >= 15 is 0 Å². The first-order chi connectivity index (χ1) is 15.4. The second-order valence-electron chi connectivity index (χ2n) is 8.40. The molecule has 9 nitrogen and oxygen atoms in total.